The summed E-state index contributed by atoms with van der Waals surface area (Å²) >= 11 is 0. The molecule has 0 aliphatic carbocycles. The van der Waals surface area contributed by atoms with Crippen molar-refractivity contribution < 1.29 is 28.4 Å². The second-order valence-corrected chi connectivity index (χ2v) is 8.13. The topological polar surface area (TPSA) is 117 Å². The number of hydrogen-bond donors (Lipinski definition) is 0. The van der Waals surface area contributed by atoms with E-state index in [1.54, 1.807) is 18.0 Å². The minimum Gasteiger partial charge on any atom is -0.372 e. The number of hydrogen-bond acceptors (Lipinski definition) is 10. The van der Waals surface area contributed by atoms with Gasteiger partial charge in [0.1, 0.15) is 24.0 Å². The number of ether oxygens (including phenoxy) is 6. The number of aromatic nitrogens is 6. The Morgan fingerprint density at radius 2 is 2.10 bits per heavy atom. The lowest BCUT2D eigenvalue weighted by Gasteiger charge is -2.23. The molecule has 0 saturated carbocycles. The fourth-order valence-corrected chi connectivity index (χ4v) is 4.05. The molecule has 30 heavy (non-hydrogen) atoms. The van der Waals surface area contributed by atoms with Crippen LogP contribution in [0.4, 0.5) is 0 Å². The SMILES string of the molecule is CO[C@@H]1O[C@H](COCc2cn(CC3Cn4nncc4CO3)nn2)[C@H]2OC(C)(C)O[C@@H]12. The van der Waals surface area contributed by atoms with Gasteiger partial charge in [0, 0.05) is 7.11 Å². The summed E-state index contributed by atoms with van der Waals surface area (Å²) in [6, 6.07) is 0. The Morgan fingerprint density at radius 3 is 2.97 bits per heavy atom. The van der Waals surface area contributed by atoms with Gasteiger partial charge in [0.05, 0.1) is 57.1 Å². The van der Waals surface area contributed by atoms with E-state index in [1.807, 2.05) is 24.7 Å². The molecule has 12 nitrogen and oxygen atoms in total. The Bertz CT molecular complexity index is 871. The first-order valence-corrected chi connectivity index (χ1v) is 10.0. The molecular formula is C18H26N6O6. The van der Waals surface area contributed by atoms with Gasteiger partial charge in [0.15, 0.2) is 12.1 Å². The van der Waals surface area contributed by atoms with Gasteiger partial charge < -0.3 is 28.4 Å². The Labute approximate surface area is 173 Å². The first kappa shape index (κ1) is 20.0. The van der Waals surface area contributed by atoms with Crippen molar-refractivity contribution in [2.45, 2.75) is 76.6 Å². The molecule has 3 aliphatic heterocycles. The normalized spacial score (nSPS) is 32.3. The highest BCUT2D eigenvalue weighted by Gasteiger charge is 2.55. The summed E-state index contributed by atoms with van der Waals surface area (Å²) in [6.45, 7) is 6.14. The molecule has 0 aromatic carbocycles. The number of methoxy groups -OCH3 is 1. The van der Waals surface area contributed by atoms with Gasteiger partial charge in [-0.1, -0.05) is 10.4 Å². The molecule has 0 radical (unpaired) electrons. The summed E-state index contributed by atoms with van der Waals surface area (Å²) < 4.78 is 38.4. The first-order valence-electron chi connectivity index (χ1n) is 10.0. The summed E-state index contributed by atoms with van der Waals surface area (Å²) in [4.78, 5) is 0. The molecule has 3 aliphatic rings. The molecule has 2 aromatic rings. The fourth-order valence-electron chi connectivity index (χ4n) is 4.05. The summed E-state index contributed by atoms with van der Waals surface area (Å²) in [7, 11) is 1.59. The fraction of sp³-hybridized carbons (Fsp3) is 0.778. The van der Waals surface area contributed by atoms with E-state index in [0.717, 1.165) is 11.4 Å². The maximum absolute atomic E-state index is 5.96. The van der Waals surface area contributed by atoms with Gasteiger partial charge in [-0.05, 0) is 13.8 Å². The van der Waals surface area contributed by atoms with Crippen LogP contribution in [0.25, 0.3) is 0 Å². The minimum absolute atomic E-state index is 0.0349. The maximum Gasteiger partial charge on any atom is 0.186 e. The minimum atomic E-state index is -0.662. The van der Waals surface area contributed by atoms with Crippen LogP contribution in [-0.4, -0.2) is 80.2 Å². The molecular weight excluding hydrogens is 396 g/mol. The van der Waals surface area contributed by atoms with E-state index in [0.29, 0.717) is 32.9 Å². The van der Waals surface area contributed by atoms with E-state index in [4.69, 9.17) is 28.4 Å². The quantitative estimate of drug-likeness (QED) is 0.597. The summed E-state index contributed by atoms with van der Waals surface area (Å²) in [5.74, 6) is -0.662. The van der Waals surface area contributed by atoms with Crippen LogP contribution < -0.4 is 0 Å². The molecule has 5 rings (SSSR count). The molecule has 0 amide bonds. The van der Waals surface area contributed by atoms with Crippen molar-refractivity contribution in [2.75, 3.05) is 13.7 Å². The molecule has 2 saturated heterocycles. The smallest absolute Gasteiger partial charge is 0.186 e. The van der Waals surface area contributed by atoms with E-state index in [1.165, 1.54) is 0 Å². The van der Waals surface area contributed by atoms with E-state index >= 15 is 0 Å². The molecule has 2 fully saturated rings. The third-order valence-corrected chi connectivity index (χ3v) is 5.39. The Hall–Kier alpha value is -1.96. The van der Waals surface area contributed by atoms with Crippen molar-refractivity contribution >= 4 is 0 Å². The van der Waals surface area contributed by atoms with Crippen LogP contribution in [-0.2, 0) is 54.7 Å². The lowest BCUT2D eigenvalue weighted by Crippen LogP contribution is -2.33. The standard InChI is InChI=1S/C18H26N6O6/c1-18(2)29-15-14(28-17(25-3)16(15)30-18)10-26-8-11-5-23(22-20-11)6-13-7-24-12(9-27-13)4-19-21-24/h4-5,13-17H,6-10H2,1-3H3/t13?,14-,15-,16-,17-/m1/s1. The van der Waals surface area contributed by atoms with Crippen molar-refractivity contribution in [3.8, 4) is 0 Å². The molecule has 2 aromatic heterocycles. The van der Waals surface area contributed by atoms with E-state index in [-0.39, 0.29) is 24.4 Å². The predicted octanol–water partition coefficient (Wildman–Crippen LogP) is -0.123. The second-order valence-electron chi connectivity index (χ2n) is 8.13. The first-order chi connectivity index (χ1) is 14.5. The Kier molecular flexibility index (Phi) is 5.29. The van der Waals surface area contributed by atoms with Crippen molar-refractivity contribution in [2.24, 2.45) is 0 Å². The summed E-state index contributed by atoms with van der Waals surface area (Å²) in [6.07, 6.45) is 2.31. The third-order valence-electron chi connectivity index (χ3n) is 5.39. The molecule has 5 atom stereocenters. The van der Waals surface area contributed by atoms with Crippen molar-refractivity contribution in [3.05, 3.63) is 23.8 Å². The molecule has 5 heterocycles. The van der Waals surface area contributed by atoms with E-state index in [9.17, 15) is 0 Å². The average molecular weight is 422 g/mol. The van der Waals surface area contributed by atoms with Gasteiger partial charge in [0.2, 0.25) is 0 Å². The molecule has 164 valence electrons. The molecule has 0 bridgehead atoms. The van der Waals surface area contributed by atoms with Crippen LogP contribution in [0.3, 0.4) is 0 Å². The maximum atomic E-state index is 5.96. The zero-order chi connectivity index (χ0) is 20.7. The van der Waals surface area contributed by atoms with Gasteiger partial charge in [-0.2, -0.15) is 0 Å². The highest BCUT2D eigenvalue weighted by Crippen LogP contribution is 2.38. The van der Waals surface area contributed by atoms with Crippen LogP contribution in [0.1, 0.15) is 25.2 Å². The summed E-state index contributed by atoms with van der Waals surface area (Å²) in [5, 5.41) is 16.3. The van der Waals surface area contributed by atoms with Crippen molar-refractivity contribution in [3.63, 3.8) is 0 Å². The zero-order valence-corrected chi connectivity index (χ0v) is 17.2. The average Bonchev–Trinajstić information content (AvgIpc) is 3.46. The van der Waals surface area contributed by atoms with Gasteiger partial charge in [-0.25, -0.2) is 9.36 Å². The van der Waals surface area contributed by atoms with Gasteiger partial charge in [-0.3, -0.25) is 0 Å². The van der Waals surface area contributed by atoms with E-state index < -0.39 is 12.1 Å². The molecule has 1 unspecified atom stereocenters. The highest BCUT2D eigenvalue weighted by molar-refractivity contribution is 4.97. The lowest BCUT2D eigenvalue weighted by atomic mass is 10.1. The second kappa shape index (κ2) is 7.94. The third kappa shape index (κ3) is 3.98. The number of rotatable bonds is 7. The van der Waals surface area contributed by atoms with Crippen LogP contribution in [0.15, 0.2) is 12.4 Å². The van der Waals surface area contributed by atoms with Crippen LogP contribution in [0.2, 0.25) is 0 Å². The monoisotopic (exact) mass is 422 g/mol. The Balaban J connectivity index is 1.11. The number of fused-ring (bicyclic) bond motifs is 2. The van der Waals surface area contributed by atoms with E-state index in [2.05, 4.69) is 20.6 Å². The molecule has 12 heteroatoms. The lowest BCUT2D eigenvalue weighted by molar-refractivity contribution is -0.232. The largest absolute Gasteiger partial charge is 0.372 e. The van der Waals surface area contributed by atoms with Gasteiger partial charge in [-0.15, -0.1) is 10.2 Å². The summed E-state index contributed by atoms with van der Waals surface area (Å²) in [5.41, 5.74) is 1.71. The molecule has 0 spiro atoms. The molecule has 0 N–H and O–H groups in total. The predicted molar refractivity (Wildman–Crippen MR) is 97.8 cm³/mol. The highest BCUT2D eigenvalue weighted by atomic mass is 16.8. The zero-order valence-electron chi connectivity index (χ0n) is 17.2. The van der Waals surface area contributed by atoms with Crippen LogP contribution in [0, 0.1) is 0 Å². The van der Waals surface area contributed by atoms with Crippen LogP contribution in [0.5, 0.6) is 0 Å². The van der Waals surface area contributed by atoms with Gasteiger partial charge >= 0.3 is 0 Å². The van der Waals surface area contributed by atoms with Crippen LogP contribution >= 0.6 is 0 Å². The van der Waals surface area contributed by atoms with Crippen molar-refractivity contribution in [1.82, 2.24) is 30.0 Å². The van der Waals surface area contributed by atoms with Crippen molar-refractivity contribution in [1.29, 1.82) is 0 Å². The number of nitrogens with zero attached hydrogens (tertiary/aromatic N) is 6. The van der Waals surface area contributed by atoms with Gasteiger partial charge in [0.25, 0.3) is 0 Å². The Morgan fingerprint density at radius 1 is 1.23 bits per heavy atom.